The Morgan fingerprint density at radius 2 is 2.00 bits per heavy atom. The van der Waals surface area contributed by atoms with Gasteiger partial charge in [0.15, 0.2) is 0 Å². The van der Waals surface area contributed by atoms with E-state index in [0.29, 0.717) is 5.56 Å². The van der Waals surface area contributed by atoms with Crippen LogP contribution in [-0.4, -0.2) is 36.0 Å². The van der Waals surface area contributed by atoms with Gasteiger partial charge in [0.2, 0.25) is 5.91 Å². The van der Waals surface area contributed by atoms with Crippen molar-refractivity contribution in [3.63, 3.8) is 0 Å². The number of hydrogen-bond donors (Lipinski definition) is 0. The fourth-order valence-electron chi connectivity index (χ4n) is 1.73. The van der Waals surface area contributed by atoms with E-state index in [-0.39, 0.29) is 25.1 Å². The molecule has 5 heteroatoms. The first kappa shape index (κ1) is 16.9. The zero-order chi connectivity index (χ0) is 15.8. The molecule has 4 nitrogen and oxygen atoms in total. The average Bonchev–Trinajstić information content (AvgIpc) is 2.43. The fraction of sp³-hybridized carbons (Fsp3) is 0.375. The van der Waals surface area contributed by atoms with Crippen LogP contribution in [0.2, 0.25) is 0 Å². The minimum absolute atomic E-state index is 0.119. The maximum Gasteiger partial charge on any atom is 0.325 e. The SMILES string of the molecule is CCOC(=O)CN(C(=O)/C=C/c1ccccc1F)C(C)C. The molecule has 0 aliphatic heterocycles. The summed E-state index contributed by atoms with van der Waals surface area (Å²) in [5, 5.41) is 0. The Labute approximate surface area is 124 Å². The maximum atomic E-state index is 13.5. The monoisotopic (exact) mass is 293 g/mol. The van der Waals surface area contributed by atoms with Crippen molar-refractivity contribution in [2.24, 2.45) is 0 Å². The van der Waals surface area contributed by atoms with E-state index in [1.54, 1.807) is 39.0 Å². The first-order chi connectivity index (χ1) is 9.95. The molecule has 0 spiro atoms. The van der Waals surface area contributed by atoms with E-state index in [1.807, 2.05) is 0 Å². The molecule has 0 aromatic heterocycles. The Kier molecular flexibility index (Phi) is 6.59. The molecule has 0 bridgehead atoms. The van der Waals surface area contributed by atoms with Gasteiger partial charge < -0.3 is 9.64 Å². The van der Waals surface area contributed by atoms with Gasteiger partial charge >= 0.3 is 5.97 Å². The minimum atomic E-state index is -0.459. The number of ether oxygens (including phenoxy) is 1. The Morgan fingerprint density at radius 1 is 1.33 bits per heavy atom. The molecule has 0 N–H and O–H groups in total. The van der Waals surface area contributed by atoms with Crippen LogP contribution in [0.1, 0.15) is 26.3 Å². The van der Waals surface area contributed by atoms with Gasteiger partial charge in [0.1, 0.15) is 12.4 Å². The van der Waals surface area contributed by atoms with Crippen molar-refractivity contribution in [2.75, 3.05) is 13.2 Å². The van der Waals surface area contributed by atoms with Crippen LogP contribution < -0.4 is 0 Å². The second-order valence-electron chi connectivity index (χ2n) is 4.72. The van der Waals surface area contributed by atoms with Gasteiger partial charge in [-0.2, -0.15) is 0 Å². The molecule has 0 aliphatic carbocycles. The quantitative estimate of drug-likeness (QED) is 0.598. The summed E-state index contributed by atoms with van der Waals surface area (Å²) in [6, 6.07) is 6.00. The third kappa shape index (κ3) is 5.38. The second-order valence-corrected chi connectivity index (χ2v) is 4.72. The third-order valence-corrected chi connectivity index (χ3v) is 2.82. The summed E-state index contributed by atoms with van der Waals surface area (Å²) >= 11 is 0. The smallest absolute Gasteiger partial charge is 0.325 e. The summed E-state index contributed by atoms with van der Waals surface area (Å²) < 4.78 is 18.3. The number of nitrogens with zero attached hydrogens (tertiary/aromatic N) is 1. The lowest BCUT2D eigenvalue weighted by atomic mass is 10.2. The van der Waals surface area contributed by atoms with Crippen molar-refractivity contribution < 1.29 is 18.7 Å². The van der Waals surface area contributed by atoms with E-state index in [4.69, 9.17) is 4.74 Å². The van der Waals surface area contributed by atoms with Gasteiger partial charge in [0.05, 0.1) is 6.61 Å². The molecule has 0 unspecified atom stereocenters. The molecule has 21 heavy (non-hydrogen) atoms. The topological polar surface area (TPSA) is 46.6 Å². The maximum absolute atomic E-state index is 13.5. The summed E-state index contributed by atoms with van der Waals surface area (Å²) in [7, 11) is 0. The average molecular weight is 293 g/mol. The van der Waals surface area contributed by atoms with Crippen molar-refractivity contribution in [1.82, 2.24) is 4.90 Å². The van der Waals surface area contributed by atoms with Crippen molar-refractivity contribution in [3.8, 4) is 0 Å². The van der Waals surface area contributed by atoms with Crippen LogP contribution in [0.3, 0.4) is 0 Å². The summed E-state index contributed by atoms with van der Waals surface area (Å²) in [4.78, 5) is 25.0. The molecule has 1 rings (SSSR count). The Morgan fingerprint density at radius 3 is 2.57 bits per heavy atom. The van der Waals surface area contributed by atoms with Crippen molar-refractivity contribution in [2.45, 2.75) is 26.8 Å². The van der Waals surface area contributed by atoms with Crippen LogP contribution in [0.4, 0.5) is 4.39 Å². The molecule has 0 radical (unpaired) electrons. The molecular weight excluding hydrogens is 273 g/mol. The molecule has 1 aromatic rings. The summed E-state index contributed by atoms with van der Waals surface area (Å²) in [5.41, 5.74) is 0.325. The minimum Gasteiger partial charge on any atom is -0.465 e. The number of esters is 1. The lowest BCUT2D eigenvalue weighted by Gasteiger charge is -2.24. The molecule has 0 fully saturated rings. The van der Waals surface area contributed by atoms with Crippen LogP contribution >= 0.6 is 0 Å². The highest BCUT2D eigenvalue weighted by Crippen LogP contribution is 2.09. The van der Waals surface area contributed by atoms with Gasteiger partial charge in [-0.25, -0.2) is 4.39 Å². The van der Waals surface area contributed by atoms with Crippen LogP contribution in [0, 0.1) is 5.82 Å². The van der Waals surface area contributed by atoms with Gasteiger partial charge in [-0.3, -0.25) is 9.59 Å². The van der Waals surface area contributed by atoms with Gasteiger partial charge in [-0.05, 0) is 32.9 Å². The number of hydrogen-bond acceptors (Lipinski definition) is 3. The first-order valence-electron chi connectivity index (χ1n) is 6.84. The third-order valence-electron chi connectivity index (χ3n) is 2.82. The number of carbonyl (C=O) groups excluding carboxylic acids is 2. The number of carbonyl (C=O) groups is 2. The zero-order valence-electron chi connectivity index (χ0n) is 12.5. The Bertz CT molecular complexity index is 526. The van der Waals surface area contributed by atoms with Crippen LogP contribution in [0.25, 0.3) is 6.08 Å². The highest BCUT2D eigenvalue weighted by molar-refractivity contribution is 5.93. The largest absolute Gasteiger partial charge is 0.465 e. The fourth-order valence-corrected chi connectivity index (χ4v) is 1.73. The molecule has 0 heterocycles. The Balaban J connectivity index is 2.78. The number of rotatable bonds is 6. The van der Waals surface area contributed by atoms with Gasteiger partial charge in [0, 0.05) is 17.7 Å². The summed E-state index contributed by atoms with van der Waals surface area (Å²) in [5.74, 6) is -1.22. The predicted molar refractivity (Wildman–Crippen MR) is 78.9 cm³/mol. The van der Waals surface area contributed by atoms with E-state index in [1.165, 1.54) is 23.1 Å². The normalized spacial score (nSPS) is 10.9. The van der Waals surface area contributed by atoms with Crippen LogP contribution in [-0.2, 0) is 14.3 Å². The second kappa shape index (κ2) is 8.19. The number of halogens is 1. The molecular formula is C16H20FNO3. The number of amides is 1. The van der Waals surface area contributed by atoms with Gasteiger partial charge in [-0.1, -0.05) is 18.2 Å². The van der Waals surface area contributed by atoms with E-state index in [0.717, 1.165) is 0 Å². The predicted octanol–water partition coefficient (Wildman–Crippen LogP) is 2.64. The van der Waals surface area contributed by atoms with Crippen molar-refractivity contribution in [3.05, 3.63) is 41.7 Å². The van der Waals surface area contributed by atoms with Crippen molar-refractivity contribution in [1.29, 1.82) is 0 Å². The molecule has 114 valence electrons. The van der Waals surface area contributed by atoms with E-state index in [9.17, 15) is 14.0 Å². The highest BCUT2D eigenvalue weighted by atomic mass is 19.1. The van der Waals surface area contributed by atoms with E-state index < -0.39 is 11.8 Å². The summed E-state index contributed by atoms with van der Waals surface area (Å²) in [6.07, 6.45) is 2.66. The number of benzene rings is 1. The van der Waals surface area contributed by atoms with Crippen molar-refractivity contribution >= 4 is 18.0 Å². The standard InChI is InChI=1S/C16H20FNO3/c1-4-21-16(20)11-18(12(2)3)15(19)10-9-13-7-5-6-8-14(13)17/h5-10,12H,4,11H2,1-3H3/b10-9+. The molecule has 0 saturated carbocycles. The van der Waals surface area contributed by atoms with Gasteiger partial charge in [-0.15, -0.1) is 0 Å². The van der Waals surface area contributed by atoms with Crippen LogP contribution in [0.15, 0.2) is 30.3 Å². The first-order valence-corrected chi connectivity index (χ1v) is 6.84. The van der Waals surface area contributed by atoms with E-state index in [2.05, 4.69) is 0 Å². The molecule has 1 aromatic carbocycles. The molecule has 0 saturated heterocycles. The molecule has 0 atom stereocenters. The molecule has 1 amide bonds. The molecule has 0 aliphatic rings. The van der Waals surface area contributed by atoms with Crippen LogP contribution in [0.5, 0.6) is 0 Å². The Hall–Kier alpha value is -2.17. The summed E-state index contributed by atoms with van der Waals surface area (Å²) in [6.45, 7) is 5.45. The lowest BCUT2D eigenvalue weighted by molar-refractivity contribution is -0.148. The zero-order valence-corrected chi connectivity index (χ0v) is 12.5. The van der Waals surface area contributed by atoms with E-state index >= 15 is 0 Å². The lowest BCUT2D eigenvalue weighted by Crippen LogP contribution is -2.40. The highest BCUT2D eigenvalue weighted by Gasteiger charge is 2.18. The van der Waals surface area contributed by atoms with Gasteiger partial charge in [0.25, 0.3) is 0 Å².